The summed E-state index contributed by atoms with van der Waals surface area (Å²) in [5.74, 6) is -0.535. The van der Waals surface area contributed by atoms with Gasteiger partial charge in [0.05, 0.1) is 24.7 Å². The van der Waals surface area contributed by atoms with Crippen LogP contribution in [0, 0.1) is 10.1 Å². The summed E-state index contributed by atoms with van der Waals surface area (Å²) in [4.78, 5) is 23.4. The first-order valence-corrected chi connectivity index (χ1v) is 6.06. The lowest BCUT2D eigenvalue weighted by atomic mass is 10.1. The third-order valence-electron chi connectivity index (χ3n) is 3.21. The number of rotatable bonds is 4. The van der Waals surface area contributed by atoms with Gasteiger partial charge in [-0.25, -0.2) is 0 Å². The van der Waals surface area contributed by atoms with E-state index in [0.717, 1.165) is 0 Å². The van der Waals surface area contributed by atoms with E-state index in [9.17, 15) is 20.0 Å². The molecule has 1 saturated heterocycles. The second-order valence-electron chi connectivity index (χ2n) is 4.41. The van der Waals surface area contributed by atoms with E-state index in [1.165, 1.54) is 18.2 Å². The number of aliphatic hydroxyl groups is 1. The van der Waals surface area contributed by atoms with Crippen LogP contribution in [0.1, 0.15) is 5.56 Å². The average molecular weight is 281 g/mol. The normalized spacial score (nSPS) is 18.9. The molecule has 1 heterocycles. The van der Waals surface area contributed by atoms with Crippen LogP contribution >= 0.6 is 0 Å². The van der Waals surface area contributed by atoms with Crippen molar-refractivity contribution in [1.29, 1.82) is 0 Å². The Morgan fingerprint density at radius 1 is 1.60 bits per heavy atom. The van der Waals surface area contributed by atoms with Crippen LogP contribution in [0.25, 0.3) is 0 Å². The monoisotopic (exact) mass is 281 g/mol. The number of morpholine rings is 1. The molecule has 1 aromatic rings. The zero-order chi connectivity index (χ0) is 14.7. The fraction of sp³-hybridized carbons (Fsp3) is 0.417. The molecular weight excluding hydrogens is 266 g/mol. The summed E-state index contributed by atoms with van der Waals surface area (Å²) in [6.07, 6.45) is 0. The highest BCUT2D eigenvalue weighted by atomic mass is 16.6. The molecule has 2 rings (SSSR count). The summed E-state index contributed by atoms with van der Waals surface area (Å²) in [5, 5.41) is 20.1. The Balaban J connectivity index is 2.39. The lowest BCUT2D eigenvalue weighted by Gasteiger charge is -2.36. The molecule has 3 N–H and O–H groups in total. The molecule has 0 aliphatic carbocycles. The fourth-order valence-corrected chi connectivity index (χ4v) is 2.22. The van der Waals surface area contributed by atoms with Crippen LogP contribution in [-0.2, 0) is 16.1 Å². The Morgan fingerprint density at radius 3 is 2.95 bits per heavy atom. The van der Waals surface area contributed by atoms with Gasteiger partial charge in [0.2, 0.25) is 5.91 Å². The van der Waals surface area contributed by atoms with Crippen molar-refractivity contribution >= 4 is 17.3 Å². The van der Waals surface area contributed by atoms with Gasteiger partial charge in [-0.3, -0.25) is 14.9 Å². The number of carbonyl (C=O) groups excluding carboxylic acids is 1. The molecule has 1 fully saturated rings. The van der Waals surface area contributed by atoms with Crippen LogP contribution in [0.4, 0.5) is 11.4 Å². The van der Waals surface area contributed by atoms with Crippen molar-refractivity contribution in [3.05, 3.63) is 33.9 Å². The number of nitrogens with two attached hydrogens (primary N) is 1. The first-order chi connectivity index (χ1) is 9.54. The van der Waals surface area contributed by atoms with Gasteiger partial charge in [-0.2, -0.15) is 0 Å². The molecule has 0 spiro atoms. The van der Waals surface area contributed by atoms with Crippen molar-refractivity contribution in [3.63, 3.8) is 0 Å². The Kier molecular flexibility index (Phi) is 4.16. The Bertz CT molecular complexity index is 534. The summed E-state index contributed by atoms with van der Waals surface area (Å²) in [7, 11) is 0. The highest BCUT2D eigenvalue weighted by Gasteiger charge is 2.29. The smallest absolute Gasteiger partial charge is 0.269 e. The van der Waals surface area contributed by atoms with Crippen molar-refractivity contribution < 1.29 is 19.6 Å². The number of primary amides is 1. The van der Waals surface area contributed by atoms with E-state index in [1.807, 2.05) is 0 Å². The molecule has 0 saturated carbocycles. The van der Waals surface area contributed by atoms with E-state index in [0.29, 0.717) is 24.4 Å². The number of anilines is 1. The van der Waals surface area contributed by atoms with Gasteiger partial charge < -0.3 is 20.5 Å². The Hall–Kier alpha value is -2.19. The van der Waals surface area contributed by atoms with Crippen molar-refractivity contribution in [2.24, 2.45) is 5.73 Å². The molecule has 8 nitrogen and oxygen atoms in total. The number of benzene rings is 1. The molecule has 1 atom stereocenters. The maximum atomic E-state index is 11.4. The SMILES string of the molecule is NC(=O)C1COCCN1c1ccc([N+](=O)[O-])cc1CO. The van der Waals surface area contributed by atoms with Crippen molar-refractivity contribution in [2.75, 3.05) is 24.7 Å². The van der Waals surface area contributed by atoms with Gasteiger partial charge >= 0.3 is 0 Å². The molecule has 1 amide bonds. The van der Waals surface area contributed by atoms with E-state index < -0.39 is 16.9 Å². The lowest BCUT2D eigenvalue weighted by molar-refractivity contribution is -0.384. The van der Waals surface area contributed by atoms with Gasteiger partial charge in [-0.05, 0) is 6.07 Å². The third-order valence-corrected chi connectivity index (χ3v) is 3.21. The third kappa shape index (κ3) is 2.70. The van der Waals surface area contributed by atoms with Crippen LogP contribution in [0.2, 0.25) is 0 Å². The Labute approximate surface area is 114 Å². The van der Waals surface area contributed by atoms with Gasteiger partial charge in [0.15, 0.2) is 0 Å². The number of ether oxygens (including phenoxy) is 1. The fourth-order valence-electron chi connectivity index (χ4n) is 2.22. The number of nitrogens with zero attached hydrogens (tertiary/aromatic N) is 2. The largest absolute Gasteiger partial charge is 0.392 e. The molecule has 1 aliphatic rings. The van der Waals surface area contributed by atoms with Crippen LogP contribution in [0.3, 0.4) is 0 Å². The number of aliphatic hydroxyl groups excluding tert-OH is 1. The summed E-state index contributed by atoms with van der Waals surface area (Å²) in [6.45, 7) is 0.654. The number of hydrogen-bond acceptors (Lipinski definition) is 6. The molecule has 0 bridgehead atoms. The number of non-ortho nitro benzene ring substituents is 1. The molecule has 8 heteroatoms. The molecule has 0 radical (unpaired) electrons. The zero-order valence-corrected chi connectivity index (χ0v) is 10.7. The van der Waals surface area contributed by atoms with Gasteiger partial charge in [0.1, 0.15) is 6.04 Å². The topological polar surface area (TPSA) is 119 Å². The highest BCUT2D eigenvalue weighted by Crippen LogP contribution is 2.28. The van der Waals surface area contributed by atoms with Crippen molar-refractivity contribution in [2.45, 2.75) is 12.6 Å². The predicted molar refractivity (Wildman–Crippen MR) is 70.2 cm³/mol. The van der Waals surface area contributed by atoms with Crippen LogP contribution < -0.4 is 10.6 Å². The highest BCUT2D eigenvalue weighted by molar-refractivity contribution is 5.84. The minimum atomic E-state index is -0.643. The van der Waals surface area contributed by atoms with Gasteiger partial charge in [-0.15, -0.1) is 0 Å². The lowest BCUT2D eigenvalue weighted by Crippen LogP contribution is -2.53. The minimum Gasteiger partial charge on any atom is -0.392 e. The second kappa shape index (κ2) is 5.85. The standard InChI is InChI=1S/C12H15N3O5/c13-12(17)11-7-20-4-3-14(11)10-2-1-9(15(18)19)5-8(10)6-16/h1-2,5,11,16H,3-4,6-7H2,(H2,13,17). The minimum absolute atomic E-state index is 0.110. The number of carbonyl (C=O) groups is 1. The first kappa shape index (κ1) is 14.2. The van der Waals surface area contributed by atoms with Gasteiger partial charge in [0.25, 0.3) is 5.69 Å². The van der Waals surface area contributed by atoms with E-state index in [2.05, 4.69) is 0 Å². The zero-order valence-electron chi connectivity index (χ0n) is 10.7. The van der Waals surface area contributed by atoms with Crippen LogP contribution in [0.5, 0.6) is 0 Å². The molecule has 1 unspecified atom stereocenters. The number of nitro benzene ring substituents is 1. The van der Waals surface area contributed by atoms with E-state index >= 15 is 0 Å². The van der Waals surface area contributed by atoms with Gasteiger partial charge in [0, 0.05) is 29.9 Å². The summed E-state index contributed by atoms with van der Waals surface area (Å²) >= 11 is 0. The second-order valence-corrected chi connectivity index (χ2v) is 4.41. The quantitative estimate of drug-likeness (QED) is 0.581. The maximum absolute atomic E-state index is 11.4. The molecule has 0 aromatic heterocycles. The average Bonchev–Trinajstić information content (AvgIpc) is 2.46. The Morgan fingerprint density at radius 2 is 2.35 bits per heavy atom. The molecule has 1 aromatic carbocycles. The number of hydrogen-bond donors (Lipinski definition) is 2. The number of amides is 1. The summed E-state index contributed by atoms with van der Waals surface area (Å²) < 4.78 is 5.22. The number of nitro groups is 1. The summed E-state index contributed by atoms with van der Waals surface area (Å²) in [6, 6.07) is 3.51. The first-order valence-electron chi connectivity index (χ1n) is 6.06. The maximum Gasteiger partial charge on any atom is 0.269 e. The van der Waals surface area contributed by atoms with Crippen LogP contribution in [-0.4, -0.2) is 41.7 Å². The predicted octanol–water partition coefficient (Wildman–Crippen LogP) is -0.222. The molecule has 20 heavy (non-hydrogen) atoms. The molecule has 1 aliphatic heterocycles. The van der Waals surface area contributed by atoms with E-state index in [4.69, 9.17) is 10.5 Å². The van der Waals surface area contributed by atoms with E-state index in [1.54, 1.807) is 4.90 Å². The summed E-state index contributed by atoms with van der Waals surface area (Å²) in [5.41, 5.74) is 6.17. The van der Waals surface area contributed by atoms with E-state index in [-0.39, 0.29) is 18.9 Å². The van der Waals surface area contributed by atoms with Crippen LogP contribution in [0.15, 0.2) is 18.2 Å². The molecular formula is C12H15N3O5. The van der Waals surface area contributed by atoms with Gasteiger partial charge in [-0.1, -0.05) is 0 Å². The molecule has 108 valence electrons. The van der Waals surface area contributed by atoms with Crippen molar-refractivity contribution in [3.8, 4) is 0 Å². The van der Waals surface area contributed by atoms with Crippen molar-refractivity contribution in [1.82, 2.24) is 0 Å².